The molecule has 23 heavy (non-hydrogen) atoms. The molecule has 3 rings (SSSR count). The van der Waals surface area contributed by atoms with Gasteiger partial charge in [-0.15, -0.1) is 11.3 Å². The third-order valence-electron chi connectivity index (χ3n) is 3.28. The molecule has 0 saturated heterocycles. The van der Waals surface area contributed by atoms with E-state index in [1.54, 1.807) is 11.3 Å². The fourth-order valence-corrected chi connectivity index (χ4v) is 2.76. The minimum absolute atomic E-state index is 0.233. The van der Waals surface area contributed by atoms with Gasteiger partial charge in [-0.05, 0) is 23.1 Å². The van der Waals surface area contributed by atoms with Crippen LogP contribution < -0.4 is 10.9 Å². The van der Waals surface area contributed by atoms with Gasteiger partial charge in [-0.3, -0.25) is 9.59 Å². The fourth-order valence-electron chi connectivity index (χ4n) is 2.11. The number of amides is 1. The Morgan fingerprint density at radius 3 is 2.65 bits per heavy atom. The molecule has 1 amide bonds. The maximum atomic E-state index is 12.2. The van der Waals surface area contributed by atoms with Gasteiger partial charge in [0.05, 0.1) is 13.1 Å². The van der Waals surface area contributed by atoms with Gasteiger partial charge < -0.3 is 5.32 Å². The number of carbonyl (C=O) groups excluding carboxylic acids is 1. The molecule has 5 nitrogen and oxygen atoms in total. The number of nitrogens with one attached hydrogen (secondary N) is 1. The molecule has 0 radical (unpaired) electrons. The average molecular weight is 325 g/mol. The molecule has 0 bridgehead atoms. The molecule has 1 N–H and O–H groups in total. The first-order valence-electron chi connectivity index (χ1n) is 7.15. The zero-order valence-corrected chi connectivity index (χ0v) is 13.1. The Morgan fingerprint density at radius 2 is 1.91 bits per heavy atom. The van der Waals surface area contributed by atoms with Crippen molar-refractivity contribution >= 4 is 17.2 Å². The summed E-state index contributed by atoms with van der Waals surface area (Å²) in [4.78, 5) is 25.2. The third-order valence-corrected chi connectivity index (χ3v) is 4.15. The largest absolute Gasteiger partial charge is 0.346 e. The van der Waals surface area contributed by atoms with Gasteiger partial charge in [0, 0.05) is 10.9 Å². The quantitative estimate of drug-likeness (QED) is 0.783. The highest BCUT2D eigenvalue weighted by Gasteiger charge is 2.10. The molecule has 0 atom stereocenters. The average Bonchev–Trinajstić information content (AvgIpc) is 3.09. The van der Waals surface area contributed by atoms with E-state index in [0.717, 1.165) is 10.4 Å². The van der Waals surface area contributed by atoms with E-state index in [4.69, 9.17) is 0 Å². The molecular weight excluding hydrogens is 310 g/mol. The van der Waals surface area contributed by atoms with Crippen molar-refractivity contribution < 1.29 is 4.79 Å². The topological polar surface area (TPSA) is 64.0 Å². The Kier molecular flexibility index (Phi) is 4.63. The molecule has 0 aliphatic carbocycles. The van der Waals surface area contributed by atoms with Gasteiger partial charge in [0.15, 0.2) is 0 Å². The highest BCUT2D eigenvalue weighted by molar-refractivity contribution is 7.09. The summed E-state index contributed by atoms with van der Waals surface area (Å²) in [5, 5.41) is 8.93. The summed E-state index contributed by atoms with van der Waals surface area (Å²) in [6.07, 6.45) is 0. The highest BCUT2D eigenvalue weighted by atomic mass is 32.1. The summed E-state index contributed by atoms with van der Waals surface area (Å²) in [6, 6.07) is 16.3. The Morgan fingerprint density at radius 1 is 1.09 bits per heavy atom. The number of nitrogens with zero attached hydrogens (tertiary/aromatic N) is 2. The number of thiophene rings is 1. The van der Waals surface area contributed by atoms with Crippen molar-refractivity contribution in [1.29, 1.82) is 0 Å². The SMILES string of the molecule is O=C(NCc1cccs1)c1ccc(=O)n(Cc2ccccc2)n1. The zero-order valence-electron chi connectivity index (χ0n) is 12.3. The predicted octanol–water partition coefficient (Wildman–Crippen LogP) is 2.28. The van der Waals surface area contributed by atoms with Crippen molar-refractivity contribution in [3.05, 3.63) is 86.5 Å². The van der Waals surface area contributed by atoms with Gasteiger partial charge in [0.1, 0.15) is 5.69 Å². The summed E-state index contributed by atoms with van der Waals surface area (Å²) in [5.41, 5.74) is 0.957. The van der Waals surface area contributed by atoms with Crippen molar-refractivity contribution in [2.75, 3.05) is 0 Å². The van der Waals surface area contributed by atoms with E-state index in [2.05, 4.69) is 10.4 Å². The number of benzene rings is 1. The van der Waals surface area contributed by atoms with E-state index in [9.17, 15) is 9.59 Å². The molecule has 2 aromatic heterocycles. The second-order valence-corrected chi connectivity index (χ2v) is 5.99. The Labute approximate surface area is 137 Å². The first-order chi connectivity index (χ1) is 11.2. The predicted molar refractivity (Wildman–Crippen MR) is 89.5 cm³/mol. The number of hydrogen-bond donors (Lipinski definition) is 1. The van der Waals surface area contributed by atoms with Crippen molar-refractivity contribution in [2.45, 2.75) is 13.1 Å². The molecule has 2 heterocycles. The lowest BCUT2D eigenvalue weighted by Gasteiger charge is -2.07. The van der Waals surface area contributed by atoms with Crippen molar-refractivity contribution in [3.63, 3.8) is 0 Å². The lowest BCUT2D eigenvalue weighted by Crippen LogP contribution is -2.29. The van der Waals surface area contributed by atoms with E-state index >= 15 is 0 Å². The summed E-state index contributed by atoms with van der Waals surface area (Å²) in [7, 11) is 0. The van der Waals surface area contributed by atoms with Gasteiger partial charge >= 0.3 is 0 Å². The van der Waals surface area contributed by atoms with Gasteiger partial charge in [-0.1, -0.05) is 36.4 Å². The Balaban J connectivity index is 1.74. The summed E-state index contributed by atoms with van der Waals surface area (Å²) < 4.78 is 1.30. The Hall–Kier alpha value is -2.73. The third kappa shape index (κ3) is 3.92. The van der Waals surface area contributed by atoms with E-state index in [0.29, 0.717) is 13.1 Å². The number of rotatable bonds is 5. The molecular formula is C17H15N3O2S. The number of aromatic nitrogens is 2. The summed E-state index contributed by atoms with van der Waals surface area (Å²) >= 11 is 1.58. The molecule has 0 saturated carbocycles. The first-order valence-corrected chi connectivity index (χ1v) is 8.03. The molecule has 0 spiro atoms. The maximum absolute atomic E-state index is 12.2. The van der Waals surface area contributed by atoms with Gasteiger partial charge in [0.2, 0.25) is 0 Å². The van der Waals surface area contributed by atoms with Gasteiger partial charge in [0.25, 0.3) is 11.5 Å². The fraction of sp³-hybridized carbons (Fsp3) is 0.118. The van der Waals surface area contributed by atoms with E-state index in [1.807, 2.05) is 47.8 Å². The number of carbonyl (C=O) groups is 1. The van der Waals surface area contributed by atoms with Crippen molar-refractivity contribution in [3.8, 4) is 0 Å². The molecule has 6 heteroatoms. The van der Waals surface area contributed by atoms with Crippen LogP contribution in [0.15, 0.2) is 64.8 Å². The molecule has 0 aliphatic heterocycles. The van der Waals surface area contributed by atoms with Crippen LogP contribution in [-0.4, -0.2) is 15.7 Å². The van der Waals surface area contributed by atoms with E-state index in [1.165, 1.54) is 16.8 Å². The van der Waals surface area contributed by atoms with E-state index < -0.39 is 0 Å². The van der Waals surface area contributed by atoms with E-state index in [-0.39, 0.29) is 17.2 Å². The van der Waals surface area contributed by atoms with Crippen molar-refractivity contribution in [1.82, 2.24) is 15.1 Å². The summed E-state index contributed by atoms with van der Waals surface area (Å²) in [6.45, 7) is 0.793. The first kappa shape index (κ1) is 15.2. The Bertz CT molecular complexity index is 842. The molecule has 0 fully saturated rings. The van der Waals surface area contributed by atoms with Crippen LogP contribution >= 0.6 is 11.3 Å². The van der Waals surface area contributed by atoms with Crippen LogP contribution in [0.25, 0.3) is 0 Å². The molecule has 3 aromatic rings. The normalized spacial score (nSPS) is 10.4. The standard InChI is InChI=1S/C17H15N3O2S/c21-16-9-8-15(17(22)18-11-14-7-4-10-23-14)19-20(16)12-13-5-2-1-3-6-13/h1-10H,11-12H2,(H,18,22). The van der Waals surface area contributed by atoms with Crippen LogP contribution in [0.1, 0.15) is 20.9 Å². The molecule has 0 aliphatic rings. The lowest BCUT2D eigenvalue weighted by molar-refractivity contribution is 0.0944. The smallest absolute Gasteiger partial charge is 0.272 e. The second kappa shape index (κ2) is 7.02. The highest BCUT2D eigenvalue weighted by Crippen LogP contribution is 2.07. The zero-order chi connectivity index (χ0) is 16.1. The van der Waals surface area contributed by atoms with Crippen LogP contribution in [-0.2, 0) is 13.1 Å². The lowest BCUT2D eigenvalue weighted by atomic mass is 10.2. The molecule has 1 aromatic carbocycles. The molecule has 116 valence electrons. The number of hydrogen-bond acceptors (Lipinski definition) is 4. The van der Waals surface area contributed by atoms with Crippen LogP contribution in [0.3, 0.4) is 0 Å². The summed E-state index contributed by atoms with van der Waals surface area (Å²) in [5.74, 6) is -0.291. The maximum Gasteiger partial charge on any atom is 0.272 e. The van der Waals surface area contributed by atoms with Crippen LogP contribution in [0, 0.1) is 0 Å². The minimum Gasteiger partial charge on any atom is -0.346 e. The van der Waals surface area contributed by atoms with Gasteiger partial charge in [-0.25, -0.2) is 4.68 Å². The van der Waals surface area contributed by atoms with Crippen LogP contribution in [0.4, 0.5) is 0 Å². The van der Waals surface area contributed by atoms with Crippen molar-refractivity contribution in [2.24, 2.45) is 0 Å². The second-order valence-electron chi connectivity index (χ2n) is 4.96. The van der Waals surface area contributed by atoms with Crippen LogP contribution in [0.2, 0.25) is 0 Å². The monoisotopic (exact) mass is 325 g/mol. The molecule has 0 unspecified atom stereocenters. The van der Waals surface area contributed by atoms with Gasteiger partial charge in [-0.2, -0.15) is 5.10 Å². The van der Waals surface area contributed by atoms with Crippen LogP contribution in [0.5, 0.6) is 0 Å². The minimum atomic E-state index is -0.291.